The third kappa shape index (κ3) is 19.3. The lowest BCUT2D eigenvalue weighted by Gasteiger charge is -2.20. The number of carboxylic acid groups (broad SMARTS) is 1. The molecule has 21 heteroatoms. The van der Waals surface area contributed by atoms with E-state index in [1.165, 1.54) is 12.1 Å². The molecule has 0 unspecified atom stereocenters. The lowest BCUT2D eigenvalue weighted by atomic mass is 10.0. The number of rotatable bonds is 17. The summed E-state index contributed by atoms with van der Waals surface area (Å²) in [6.45, 7) is 15.2. The van der Waals surface area contributed by atoms with E-state index in [1.807, 2.05) is 65.8 Å². The third-order valence-electron chi connectivity index (χ3n) is 13.1. The van der Waals surface area contributed by atoms with E-state index >= 15 is 0 Å². The Labute approximate surface area is 469 Å². The van der Waals surface area contributed by atoms with Gasteiger partial charge in [-0.15, -0.1) is 0 Å². The number of carbonyl (C=O) groups excluding carboxylic acids is 3. The van der Waals surface area contributed by atoms with Crippen molar-refractivity contribution in [3.8, 4) is 22.9 Å². The fourth-order valence-corrected chi connectivity index (χ4v) is 13.0. The number of aryl methyl sites for hydroxylation is 2. The van der Waals surface area contributed by atoms with Crippen molar-refractivity contribution in [3.63, 3.8) is 0 Å². The molecule has 4 aromatic heterocycles. The molecule has 6 aromatic rings. The van der Waals surface area contributed by atoms with E-state index in [1.54, 1.807) is 75.0 Å². The number of nitrogens with zero attached hydrogens (tertiary/aromatic N) is 4. The Morgan fingerprint density at radius 2 is 1.05 bits per heavy atom. The summed E-state index contributed by atoms with van der Waals surface area (Å²) in [4.78, 5) is 64.5. The molecular formula is C59H76N6O13S2. The van der Waals surface area contributed by atoms with Crippen molar-refractivity contribution in [2.45, 2.75) is 160 Å². The highest BCUT2D eigenvalue weighted by Crippen LogP contribution is 2.37. The normalized spacial score (nSPS) is 17.2. The zero-order valence-electron chi connectivity index (χ0n) is 46.1. The molecule has 0 aliphatic heterocycles. The molecule has 2 aliphatic carbocycles. The number of carbonyl (C=O) groups is 4. The predicted octanol–water partition coefficient (Wildman–Crippen LogP) is 10.1. The highest BCUT2D eigenvalue weighted by molar-refractivity contribution is 7.91. The van der Waals surface area contributed by atoms with Crippen molar-refractivity contribution in [3.05, 3.63) is 143 Å². The number of carboxylic acids is 1. The maximum atomic E-state index is 13.2. The van der Waals surface area contributed by atoms with E-state index in [0.29, 0.717) is 97.1 Å². The number of aromatic nitrogens is 4. The number of hydrogen-bond donors (Lipinski definition) is 3. The van der Waals surface area contributed by atoms with Gasteiger partial charge in [-0.25, -0.2) is 31.6 Å². The van der Waals surface area contributed by atoms with Crippen LogP contribution < -0.4 is 11.1 Å². The number of ether oxygens (including phenoxy) is 2. The van der Waals surface area contributed by atoms with E-state index in [2.05, 4.69) is 25.3 Å². The van der Waals surface area contributed by atoms with Crippen molar-refractivity contribution >= 4 is 43.5 Å². The van der Waals surface area contributed by atoms with Crippen LogP contribution in [0.5, 0.6) is 0 Å². The molecule has 4 heterocycles. The third-order valence-corrected chi connectivity index (χ3v) is 17.4. The Hall–Kier alpha value is -7.10. The minimum atomic E-state index is -3.49. The number of benzene rings is 2. The number of nitrogens with two attached hydrogens (primary N) is 1. The number of pyridine rings is 2. The van der Waals surface area contributed by atoms with Crippen LogP contribution in [-0.2, 0) is 63.3 Å². The monoisotopic (exact) mass is 1140 g/mol. The number of aromatic carboxylic acids is 1. The average Bonchev–Trinajstić information content (AvgIpc) is 4.29. The van der Waals surface area contributed by atoms with E-state index in [4.69, 9.17) is 29.1 Å². The van der Waals surface area contributed by atoms with Gasteiger partial charge in [0.15, 0.2) is 19.7 Å². The molecule has 19 nitrogen and oxygen atoms in total. The first kappa shape index (κ1) is 63.7. The predicted molar refractivity (Wildman–Crippen MR) is 303 cm³/mol. The molecule has 1 amide bonds. The first-order valence-electron chi connectivity index (χ1n) is 26.2. The quantitative estimate of drug-likeness (QED) is 0.0715. The van der Waals surface area contributed by atoms with Crippen LogP contribution in [0.25, 0.3) is 22.9 Å². The Bertz CT molecular complexity index is 3240. The summed E-state index contributed by atoms with van der Waals surface area (Å²) in [5.41, 5.74) is 8.72. The fraction of sp³-hybridized carbons (Fsp3) is 0.458. The minimum Gasteiger partial charge on any atom is -0.478 e. The van der Waals surface area contributed by atoms with Crippen molar-refractivity contribution < 1.29 is 59.4 Å². The zero-order chi connectivity index (χ0) is 57.7. The molecule has 4 atom stereocenters. The highest BCUT2D eigenvalue weighted by Gasteiger charge is 2.38. The molecule has 2 saturated carbocycles. The van der Waals surface area contributed by atoms with Gasteiger partial charge in [0.05, 0.1) is 39.0 Å². The number of sulfone groups is 2. The molecule has 8 rings (SSSR count). The van der Waals surface area contributed by atoms with Crippen LogP contribution in [0.4, 0.5) is 0 Å². The highest BCUT2D eigenvalue weighted by atomic mass is 32.2. The Morgan fingerprint density at radius 3 is 1.41 bits per heavy atom. The smallest absolute Gasteiger partial charge is 0.335 e. The van der Waals surface area contributed by atoms with Crippen LogP contribution in [0.1, 0.15) is 155 Å². The molecule has 0 spiro atoms. The Balaban J connectivity index is 0.000000258. The Kier molecular flexibility index (Phi) is 22.2. The summed E-state index contributed by atoms with van der Waals surface area (Å²) in [7, 11) is -6.97. The number of hydrogen-bond acceptors (Lipinski definition) is 17. The first-order valence-corrected chi connectivity index (χ1v) is 29.6. The number of esters is 2. The minimum absolute atomic E-state index is 0. The number of nitrogens with one attached hydrogen (secondary N) is 1. The number of amides is 1. The summed E-state index contributed by atoms with van der Waals surface area (Å²) in [6.07, 6.45) is 10.6. The molecule has 80 heavy (non-hydrogen) atoms. The largest absolute Gasteiger partial charge is 0.478 e. The fourth-order valence-electron chi connectivity index (χ4n) is 9.13. The van der Waals surface area contributed by atoms with Crippen LogP contribution in [0, 0.1) is 25.7 Å². The van der Waals surface area contributed by atoms with Gasteiger partial charge in [0.1, 0.15) is 22.7 Å². The standard InChI is InChI=1S/C29H35N3O6S.C23H29NO7S.C6H8N2.CH4/c1-19-25(18-39(35,36)24-12-7-20(14-24)15-26(33)38-29(2,3)4)32-28(37-19)23-10-8-22(9-11-23)27(34)31-17-21-6-5-13-30-16-21;1-14-19(24-21(30-14)16-6-8-17(9-7-16)22(26)27)13-32(28,29)18-10-5-15(11-18)12-20(25)31-23(2,3)4;7-4-6-2-1-3-8-5-6;/h5-6,8-11,13,16,20,24H,7,12,14-15,17-18H2,1-4H3,(H,31,34);6-9,15,18H,5,10-13H2,1-4H3,(H,26,27);1-3,5H,4,7H2;1H4/t20-,24+;15-,18+;;/m00../s1. The van der Waals surface area contributed by atoms with E-state index in [0.717, 1.165) is 11.1 Å². The summed E-state index contributed by atoms with van der Waals surface area (Å²) >= 11 is 0. The Morgan fingerprint density at radius 1 is 0.637 bits per heavy atom. The van der Waals surface area contributed by atoms with Crippen molar-refractivity contribution in [1.82, 2.24) is 25.3 Å². The van der Waals surface area contributed by atoms with Crippen molar-refractivity contribution in [1.29, 1.82) is 0 Å². The van der Waals surface area contributed by atoms with Gasteiger partial charge in [0.2, 0.25) is 11.8 Å². The van der Waals surface area contributed by atoms with Crippen molar-refractivity contribution in [2.24, 2.45) is 17.6 Å². The molecule has 0 saturated heterocycles. The zero-order valence-corrected chi connectivity index (χ0v) is 47.7. The molecular weight excluding hydrogens is 1060 g/mol. The van der Waals surface area contributed by atoms with Gasteiger partial charge in [0.25, 0.3) is 5.91 Å². The molecule has 432 valence electrons. The second-order valence-electron chi connectivity index (χ2n) is 21.9. The molecule has 0 radical (unpaired) electrons. The van der Waals surface area contributed by atoms with Crippen molar-refractivity contribution in [2.75, 3.05) is 0 Å². The molecule has 2 aliphatic rings. The lowest BCUT2D eigenvalue weighted by Crippen LogP contribution is -2.25. The van der Waals surface area contributed by atoms with E-state index in [-0.39, 0.29) is 72.9 Å². The second-order valence-corrected chi connectivity index (χ2v) is 26.5. The van der Waals surface area contributed by atoms with Crippen LogP contribution in [0.2, 0.25) is 0 Å². The van der Waals surface area contributed by atoms with Gasteiger partial charge < -0.3 is 34.5 Å². The summed E-state index contributed by atoms with van der Waals surface area (Å²) < 4.78 is 74.6. The van der Waals surface area contributed by atoms with Gasteiger partial charge in [-0.3, -0.25) is 24.4 Å². The number of oxazole rings is 2. The molecule has 2 fully saturated rings. The van der Waals surface area contributed by atoms with Gasteiger partial charge in [-0.05, 0) is 178 Å². The van der Waals surface area contributed by atoms with Crippen LogP contribution in [-0.4, -0.2) is 87.4 Å². The van der Waals surface area contributed by atoms with Gasteiger partial charge in [0, 0.05) is 67.4 Å². The van der Waals surface area contributed by atoms with Crippen LogP contribution in [0.3, 0.4) is 0 Å². The summed E-state index contributed by atoms with van der Waals surface area (Å²) in [5, 5.41) is 10.8. The molecule has 4 N–H and O–H groups in total. The SMILES string of the molecule is C.Cc1oc(-c2ccc(C(=O)NCc3cccnc3)cc2)nc1CS(=O)(=O)[C@@H]1CC[C@H](CC(=O)OC(C)(C)C)C1.Cc1oc(-c2ccc(C(=O)O)cc2)nc1CS(=O)(=O)[C@@H]1CC[C@H](CC(=O)OC(C)(C)C)C1.NCc1cccnc1. The molecule has 0 bridgehead atoms. The van der Waals surface area contributed by atoms with Gasteiger partial charge in [-0.2, -0.15) is 0 Å². The maximum absolute atomic E-state index is 13.2. The summed E-state index contributed by atoms with van der Waals surface area (Å²) in [5.74, 6) is -0.917. The maximum Gasteiger partial charge on any atom is 0.335 e. The summed E-state index contributed by atoms with van der Waals surface area (Å²) in [6, 6.07) is 20.3. The first-order chi connectivity index (χ1) is 37.2. The second kappa shape index (κ2) is 27.9. The topological polar surface area (TPSA) is 291 Å². The lowest BCUT2D eigenvalue weighted by molar-refractivity contribution is -0.157. The van der Waals surface area contributed by atoms with Crippen LogP contribution in [0.15, 0.2) is 106 Å². The van der Waals surface area contributed by atoms with Crippen LogP contribution >= 0.6 is 0 Å². The molecule has 2 aromatic carbocycles. The van der Waals surface area contributed by atoms with E-state index in [9.17, 15) is 36.0 Å². The van der Waals surface area contributed by atoms with Gasteiger partial charge >= 0.3 is 17.9 Å². The average molecular weight is 1140 g/mol. The van der Waals surface area contributed by atoms with Gasteiger partial charge in [-0.1, -0.05) is 19.6 Å². The van der Waals surface area contributed by atoms with E-state index < -0.39 is 47.3 Å².